The molecule has 2 aliphatic heterocycles. The minimum absolute atomic E-state index is 0.0722. The summed E-state index contributed by atoms with van der Waals surface area (Å²) in [6.07, 6.45) is 6.31. The number of nitrogens with one attached hydrogen (secondary N) is 1. The fourth-order valence-electron chi connectivity index (χ4n) is 3.67. The van der Waals surface area contributed by atoms with Crippen LogP contribution in [0, 0.1) is 0 Å². The van der Waals surface area contributed by atoms with E-state index in [9.17, 15) is 4.79 Å². The van der Waals surface area contributed by atoms with Crippen molar-refractivity contribution in [3.05, 3.63) is 29.8 Å². The van der Waals surface area contributed by atoms with Gasteiger partial charge in [0.05, 0.1) is 12.6 Å². The molecule has 2 saturated heterocycles. The van der Waals surface area contributed by atoms with Crippen molar-refractivity contribution in [3.63, 3.8) is 0 Å². The number of anilines is 1. The van der Waals surface area contributed by atoms with Gasteiger partial charge in [0.2, 0.25) is 5.91 Å². The average molecular weight is 345 g/mol. The van der Waals surface area contributed by atoms with E-state index in [0.29, 0.717) is 13.1 Å². The normalized spacial score (nSPS) is 20.9. The van der Waals surface area contributed by atoms with Crippen LogP contribution in [0.15, 0.2) is 24.3 Å². The summed E-state index contributed by atoms with van der Waals surface area (Å²) in [5.41, 5.74) is 2.57. The Morgan fingerprint density at radius 3 is 2.64 bits per heavy atom. The molecular weight excluding hydrogens is 314 g/mol. The molecule has 0 bridgehead atoms. The van der Waals surface area contributed by atoms with Crippen molar-refractivity contribution in [2.45, 2.75) is 44.8 Å². The Morgan fingerprint density at radius 1 is 1.20 bits per heavy atom. The maximum Gasteiger partial charge on any atom is 0.234 e. The average Bonchev–Trinajstić information content (AvgIpc) is 3.15. The Balaban J connectivity index is 1.40. The lowest BCUT2D eigenvalue weighted by atomic mass is 10.1. The second-order valence-corrected chi connectivity index (χ2v) is 7.33. The van der Waals surface area contributed by atoms with Crippen LogP contribution in [-0.2, 0) is 16.1 Å². The van der Waals surface area contributed by atoms with Crippen LogP contribution in [0.1, 0.15) is 37.7 Å². The van der Waals surface area contributed by atoms with Crippen molar-refractivity contribution in [1.82, 2.24) is 10.2 Å². The standard InChI is InChI=1S/C20H31N3O2/c1-22(16-20(24)21-14-19-6-5-13-25-19)15-17-7-9-18(10-8-17)23-11-3-2-4-12-23/h7-10,19H,2-6,11-16H2,1H3,(H,21,24). The van der Waals surface area contributed by atoms with Gasteiger partial charge >= 0.3 is 0 Å². The van der Waals surface area contributed by atoms with E-state index in [1.165, 1.54) is 43.6 Å². The highest BCUT2D eigenvalue weighted by atomic mass is 16.5. The molecule has 3 rings (SSSR count). The molecule has 5 nitrogen and oxygen atoms in total. The van der Waals surface area contributed by atoms with E-state index in [-0.39, 0.29) is 12.0 Å². The minimum Gasteiger partial charge on any atom is -0.376 e. The molecule has 1 aromatic rings. The number of amides is 1. The third kappa shape index (κ3) is 5.72. The van der Waals surface area contributed by atoms with E-state index in [4.69, 9.17) is 4.74 Å². The lowest BCUT2D eigenvalue weighted by Gasteiger charge is -2.29. The summed E-state index contributed by atoms with van der Waals surface area (Å²) in [4.78, 5) is 16.6. The number of benzene rings is 1. The first-order valence-corrected chi connectivity index (χ1v) is 9.61. The topological polar surface area (TPSA) is 44.8 Å². The number of hydrogen-bond donors (Lipinski definition) is 1. The number of carbonyl (C=O) groups excluding carboxylic acids is 1. The van der Waals surface area contributed by atoms with Crippen molar-refractivity contribution in [1.29, 1.82) is 0 Å². The van der Waals surface area contributed by atoms with Gasteiger partial charge in [-0.1, -0.05) is 12.1 Å². The number of rotatable bonds is 7. The van der Waals surface area contributed by atoms with E-state index in [2.05, 4.69) is 39.4 Å². The van der Waals surface area contributed by atoms with Gasteiger partial charge in [-0.25, -0.2) is 0 Å². The number of likely N-dealkylation sites (N-methyl/N-ethyl adjacent to an activating group) is 1. The Hall–Kier alpha value is -1.59. The van der Waals surface area contributed by atoms with E-state index in [0.717, 1.165) is 26.0 Å². The molecule has 2 aliphatic rings. The molecule has 5 heteroatoms. The van der Waals surface area contributed by atoms with Crippen LogP contribution in [0.25, 0.3) is 0 Å². The first-order chi connectivity index (χ1) is 12.2. The molecule has 0 aliphatic carbocycles. The van der Waals surface area contributed by atoms with Crippen LogP contribution in [-0.4, -0.2) is 56.7 Å². The molecule has 1 aromatic carbocycles. The van der Waals surface area contributed by atoms with Gasteiger partial charge in [-0.3, -0.25) is 9.69 Å². The van der Waals surface area contributed by atoms with Gasteiger partial charge in [-0.2, -0.15) is 0 Å². The molecule has 2 heterocycles. The predicted octanol–water partition coefficient (Wildman–Crippen LogP) is 2.40. The first-order valence-electron chi connectivity index (χ1n) is 9.61. The largest absolute Gasteiger partial charge is 0.376 e. The Morgan fingerprint density at radius 2 is 1.96 bits per heavy atom. The lowest BCUT2D eigenvalue weighted by molar-refractivity contribution is -0.122. The number of ether oxygens (including phenoxy) is 1. The van der Waals surface area contributed by atoms with Gasteiger partial charge < -0.3 is 15.0 Å². The van der Waals surface area contributed by atoms with E-state index in [1.807, 2.05) is 7.05 Å². The van der Waals surface area contributed by atoms with Crippen LogP contribution in [0.2, 0.25) is 0 Å². The zero-order valence-electron chi connectivity index (χ0n) is 15.4. The maximum atomic E-state index is 12.0. The molecule has 25 heavy (non-hydrogen) atoms. The van der Waals surface area contributed by atoms with Crippen LogP contribution in [0.3, 0.4) is 0 Å². The number of hydrogen-bond acceptors (Lipinski definition) is 4. The summed E-state index contributed by atoms with van der Waals surface area (Å²) in [7, 11) is 1.99. The molecule has 0 spiro atoms. The number of piperidine rings is 1. The summed E-state index contributed by atoms with van der Waals surface area (Å²) in [6, 6.07) is 8.80. The first kappa shape index (κ1) is 18.2. The fourth-order valence-corrected chi connectivity index (χ4v) is 3.67. The lowest BCUT2D eigenvalue weighted by Crippen LogP contribution is -2.38. The molecule has 0 radical (unpaired) electrons. The van der Waals surface area contributed by atoms with Crippen molar-refractivity contribution < 1.29 is 9.53 Å². The van der Waals surface area contributed by atoms with Crippen molar-refractivity contribution >= 4 is 11.6 Å². The highest BCUT2D eigenvalue weighted by Crippen LogP contribution is 2.20. The third-order valence-corrected chi connectivity index (χ3v) is 5.07. The Bertz CT molecular complexity index is 534. The number of nitrogens with zero attached hydrogens (tertiary/aromatic N) is 2. The van der Waals surface area contributed by atoms with Gasteiger partial charge in [-0.05, 0) is 56.8 Å². The second kappa shape index (κ2) is 9.20. The van der Waals surface area contributed by atoms with Gasteiger partial charge in [0.25, 0.3) is 0 Å². The van der Waals surface area contributed by atoms with Crippen LogP contribution in [0.5, 0.6) is 0 Å². The van der Waals surface area contributed by atoms with Gasteiger partial charge in [0.15, 0.2) is 0 Å². The summed E-state index contributed by atoms with van der Waals surface area (Å²) in [6.45, 7) is 5.01. The van der Waals surface area contributed by atoms with Crippen LogP contribution >= 0.6 is 0 Å². The van der Waals surface area contributed by atoms with E-state index >= 15 is 0 Å². The predicted molar refractivity (Wildman–Crippen MR) is 101 cm³/mol. The monoisotopic (exact) mass is 345 g/mol. The molecular formula is C20H31N3O2. The maximum absolute atomic E-state index is 12.0. The third-order valence-electron chi connectivity index (χ3n) is 5.07. The Labute approximate surface area is 151 Å². The van der Waals surface area contributed by atoms with Crippen LogP contribution in [0.4, 0.5) is 5.69 Å². The summed E-state index contributed by atoms with van der Waals surface area (Å²) >= 11 is 0. The summed E-state index contributed by atoms with van der Waals surface area (Å²) < 4.78 is 5.53. The fraction of sp³-hybridized carbons (Fsp3) is 0.650. The Kier molecular flexibility index (Phi) is 6.70. The van der Waals surface area contributed by atoms with Gasteiger partial charge in [-0.15, -0.1) is 0 Å². The minimum atomic E-state index is 0.0722. The molecule has 1 amide bonds. The molecule has 138 valence electrons. The van der Waals surface area contributed by atoms with Crippen molar-refractivity contribution in [2.24, 2.45) is 0 Å². The SMILES string of the molecule is CN(CC(=O)NCC1CCCO1)Cc1ccc(N2CCCCC2)cc1. The highest BCUT2D eigenvalue weighted by molar-refractivity contribution is 5.78. The zero-order chi connectivity index (χ0) is 17.5. The van der Waals surface area contributed by atoms with Crippen molar-refractivity contribution in [3.8, 4) is 0 Å². The van der Waals surface area contributed by atoms with Crippen molar-refractivity contribution in [2.75, 3.05) is 44.7 Å². The molecule has 0 saturated carbocycles. The summed E-state index contributed by atoms with van der Waals surface area (Å²) in [5.74, 6) is 0.0722. The van der Waals surface area contributed by atoms with E-state index < -0.39 is 0 Å². The van der Waals surface area contributed by atoms with Crippen LogP contribution < -0.4 is 10.2 Å². The molecule has 1 unspecified atom stereocenters. The second-order valence-electron chi connectivity index (χ2n) is 7.33. The highest BCUT2D eigenvalue weighted by Gasteiger charge is 2.16. The van der Waals surface area contributed by atoms with Gasteiger partial charge in [0.1, 0.15) is 0 Å². The van der Waals surface area contributed by atoms with Gasteiger partial charge in [0, 0.05) is 38.5 Å². The number of carbonyl (C=O) groups is 1. The molecule has 0 aromatic heterocycles. The quantitative estimate of drug-likeness (QED) is 0.824. The molecule has 2 fully saturated rings. The molecule has 1 N–H and O–H groups in total. The smallest absolute Gasteiger partial charge is 0.234 e. The zero-order valence-corrected chi connectivity index (χ0v) is 15.4. The molecule has 1 atom stereocenters. The summed E-state index contributed by atoms with van der Waals surface area (Å²) in [5, 5.41) is 2.98. The van der Waals surface area contributed by atoms with E-state index in [1.54, 1.807) is 0 Å².